The van der Waals surface area contributed by atoms with E-state index in [4.69, 9.17) is 9.47 Å². The molecule has 2 aromatic carbocycles. The topological polar surface area (TPSA) is 111 Å². The molecule has 0 aliphatic rings. The molecule has 0 spiro atoms. The molecule has 2 rings (SSSR count). The fraction of sp³-hybridized carbons (Fsp3) is 0.300. The van der Waals surface area contributed by atoms with E-state index in [2.05, 4.69) is 10.0 Å². The Labute approximate surface area is 170 Å². The minimum atomic E-state index is -3.90. The first-order valence-electron chi connectivity index (χ1n) is 8.97. The highest BCUT2D eigenvalue weighted by molar-refractivity contribution is 7.89. The van der Waals surface area contributed by atoms with Gasteiger partial charge in [-0.05, 0) is 51.1 Å². The van der Waals surface area contributed by atoms with Crippen LogP contribution >= 0.6 is 0 Å². The van der Waals surface area contributed by atoms with E-state index < -0.39 is 21.9 Å². The SMILES string of the molecule is CCOc1ccc(C(=O)Nc2ccccc2C(=O)OC)cc1S(=O)(=O)NC(C)C. The summed E-state index contributed by atoms with van der Waals surface area (Å²) in [5.74, 6) is -1.03. The number of sulfonamides is 1. The highest BCUT2D eigenvalue weighted by atomic mass is 32.2. The number of carbonyl (C=O) groups is 2. The van der Waals surface area contributed by atoms with E-state index in [1.165, 1.54) is 31.4 Å². The van der Waals surface area contributed by atoms with Crippen LogP contribution in [0.4, 0.5) is 5.69 Å². The Hall–Kier alpha value is -2.91. The van der Waals surface area contributed by atoms with Gasteiger partial charge >= 0.3 is 5.97 Å². The van der Waals surface area contributed by atoms with Crippen molar-refractivity contribution in [2.45, 2.75) is 31.7 Å². The molecular weight excluding hydrogens is 396 g/mol. The molecular formula is C20H24N2O6S. The van der Waals surface area contributed by atoms with Crippen LogP contribution in [0.5, 0.6) is 5.75 Å². The van der Waals surface area contributed by atoms with Crippen LogP contribution in [0.15, 0.2) is 47.4 Å². The van der Waals surface area contributed by atoms with Crippen molar-refractivity contribution in [3.05, 3.63) is 53.6 Å². The predicted molar refractivity (Wildman–Crippen MR) is 109 cm³/mol. The van der Waals surface area contributed by atoms with Crippen molar-refractivity contribution < 1.29 is 27.5 Å². The molecule has 0 fully saturated rings. The largest absolute Gasteiger partial charge is 0.492 e. The zero-order chi connectivity index (χ0) is 21.6. The number of carbonyl (C=O) groups excluding carboxylic acids is 2. The number of hydrogen-bond acceptors (Lipinski definition) is 6. The van der Waals surface area contributed by atoms with Crippen LogP contribution in [-0.4, -0.2) is 40.1 Å². The first kappa shape index (κ1) is 22.4. The molecule has 2 aromatic rings. The van der Waals surface area contributed by atoms with Crippen molar-refractivity contribution in [2.75, 3.05) is 19.0 Å². The number of para-hydroxylation sites is 1. The van der Waals surface area contributed by atoms with Crippen LogP contribution in [-0.2, 0) is 14.8 Å². The fourth-order valence-corrected chi connectivity index (χ4v) is 4.00. The Balaban J connectivity index is 2.42. The number of amides is 1. The number of methoxy groups -OCH3 is 1. The Bertz CT molecular complexity index is 1000. The van der Waals surface area contributed by atoms with Crippen molar-refractivity contribution in [3.8, 4) is 5.75 Å². The van der Waals surface area contributed by atoms with Gasteiger partial charge in [-0.3, -0.25) is 4.79 Å². The number of nitrogens with one attached hydrogen (secondary N) is 2. The normalized spacial score (nSPS) is 11.2. The maximum Gasteiger partial charge on any atom is 0.339 e. The summed E-state index contributed by atoms with van der Waals surface area (Å²) in [7, 11) is -2.65. The van der Waals surface area contributed by atoms with Crippen molar-refractivity contribution in [2.24, 2.45) is 0 Å². The van der Waals surface area contributed by atoms with Crippen molar-refractivity contribution in [1.29, 1.82) is 0 Å². The summed E-state index contributed by atoms with van der Waals surface area (Å²) in [5, 5.41) is 2.62. The van der Waals surface area contributed by atoms with Gasteiger partial charge < -0.3 is 14.8 Å². The number of rotatable bonds is 8. The zero-order valence-corrected chi connectivity index (χ0v) is 17.5. The molecule has 0 saturated heterocycles. The molecule has 0 atom stereocenters. The number of benzene rings is 2. The zero-order valence-electron chi connectivity index (χ0n) is 16.7. The molecule has 156 valence electrons. The lowest BCUT2D eigenvalue weighted by Gasteiger charge is -2.15. The first-order valence-corrected chi connectivity index (χ1v) is 10.5. The number of ether oxygens (including phenoxy) is 2. The summed E-state index contributed by atoms with van der Waals surface area (Å²) in [6.45, 7) is 5.38. The summed E-state index contributed by atoms with van der Waals surface area (Å²) in [6.07, 6.45) is 0. The van der Waals surface area contributed by atoms with Gasteiger partial charge in [-0.15, -0.1) is 0 Å². The van der Waals surface area contributed by atoms with Crippen LogP contribution in [0.3, 0.4) is 0 Å². The fourth-order valence-electron chi connectivity index (χ4n) is 2.58. The quantitative estimate of drug-likeness (QED) is 0.636. The van der Waals surface area contributed by atoms with Crippen LogP contribution < -0.4 is 14.8 Å². The second-order valence-corrected chi connectivity index (χ2v) is 8.04. The van der Waals surface area contributed by atoms with Gasteiger partial charge in [-0.1, -0.05) is 12.1 Å². The lowest BCUT2D eigenvalue weighted by molar-refractivity contribution is 0.0602. The monoisotopic (exact) mass is 420 g/mol. The summed E-state index contributed by atoms with van der Waals surface area (Å²) in [5.41, 5.74) is 0.531. The van der Waals surface area contributed by atoms with Crippen LogP contribution in [0, 0.1) is 0 Å². The van der Waals surface area contributed by atoms with Gasteiger partial charge in [0.1, 0.15) is 10.6 Å². The standard InChI is InChI=1S/C20H24N2O6S/c1-5-28-17-11-10-14(12-18(17)29(25,26)22-13(2)3)19(23)21-16-9-7-6-8-15(16)20(24)27-4/h6-13,22H,5H2,1-4H3,(H,21,23). The second kappa shape index (κ2) is 9.53. The predicted octanol–water partition coefficient (Wildman–Crippen LogP) is 2.81. The summed E-state index contributed by atoms with van der Waals surface area (Å²) < 4.78 is 37.9. The smallest absolute Gasteiger partial charge is 0.339 e. The van der Waals surface area contributed by atoms with E-state index in [9.17, 15) is 18.0 Å². The molecule has 2 N–H and O–H groups in total. The van der Waals surface area contributed by atoms with Gasteiger partial charge in [0.15, 0.2) is 0 Å². The number of esters is 1. The minimum absolute atomic E-state index is 0.0947. The molecule has 0 unspecified atom stereocenters. The maximum absolute atomic E-state index is 12.7. The van der Waals surface area contributed by atoms with Gasteiger partial charge in [0.2, 0.25) is 10.0 Å². The molecule has 0 bridgehead atoms. The molecule has 0 aliphatic heterocycles. The Morgan fingerprint density at radius 1 is 1.10 bits per heavy atom. The van der Waals surface area contributed by atoms with Gasteiger partial charge in [0.25, 0.3) is 5.91 Å². The molecule has 9 heteroatoms. The number of anilines is 1. The van der Waals surface area contributed by atoms with Gasteiger partial charge in [-0.2, -0.15) is 0 Å². The third-order valence-electron chi connectivity index (χ3n) is 3.77. The highest BCUT2D eigenvalue weighted by Gasteiger charge is 2.23. The van der Waals surface area contributed by atoms with Crippen molar-refractivity contribution in [3.63, 3.8) is 0 Å². The van der Waals surface area contributed by atoms with E-state index in [1.54, 1.807) is 39.0 Å². The summed E-state index contributed by atoms with van der Waals surface area (Å²) in [6, 6.07) is 10.2. The number of hydrogen-bond donors (Lipinski definition) is 2. The Morgan fingerprint density at radius 2 is 1.79 bits per heavy atom. The third-order valence-corrected chi connectivity index (χ3v) is 5.45. The van der Waals surface area contributed by atoms with Crippen molar-refractivity contribution in [1.82, 2.24) is 4.72 Å². The molecule has 0 aliphatic carbocycles. The average molecular weight is 420 g/mol. The van der Waals surface area contributed by atoms with E-state index >= 15 is 0 Å². The van der Waals surface area contributed by atoms with E-state index in [0.29, 0.717) is 0 Å². The summed E-state index contributed by atoms with van der Waals surface area (Å²) >= 11 is 0. The molecule has 0 aromatic heterocycles. The molecule has 1 amide bonds. The second-order valence-electron chi connectivity index (χ2n) is 6.36. The van der Waals surface area contributed by atoms with Gasteiger partial charge in [-0.25, -0.2) is 17.9 Å². The van der Waals surface area contributed by atoms with E-state index in [1.807, 2.05) is 0 Å². The highest BCUT2D eigenvalue weighted by Crippen LogP contribution is 2.26. The molecule has 29 heavy (non-hydrogen) atoms. The van der Waals surface area contributed by atoms with E-state index in [0.717, 1.165) is 0 Å². The lowest BCUT2D eigenvalue weighted by Crippen LogP contribution is -2.30. The maximum atomic E-state index is 12.7. The lowest BCUT2D eigenvalue weighted by atomic mass is 10.1. The Morgan fingerprint density at radius 3 is 2.41 bits per heavy atom. The van der Waals surface area contributed by atoms with Crippen LogP contribution in [0.2, 0.25) is 0 Å². The first-order chi connectivity index (χ1) is 13.7. The Kier molecular flexibility index (Phi) is 7.35. The van der Waals surface area contributed by atoms with Crippen LogP contribution in [0.25, 0.3) is 0 Å². The van der Waals surface area contributed by atoms with Crippen molar-refractivity contribution >= 4 is 27.6 Å². The van der Waals surface area contributed by atoms with Gasteiger partial charge in [0, 0.05) is 11.6 Å². The average Bonchev–Trinajstić information content (AvgIpc) is 2.67. The molecule has 8 nitrogen and oxygen atoms in total. The van der Waals surface area contributed by atoms with Crippen LogP contribution in [0.1, 0.15) is 41.5 Å². The minimum Gasteiger partial charge on any atom is -0.492 e. The summed E-state index contributed by atoms with van der Waals surface area (Å²) in [4.78, 5) is 24.5. The van der Waals surface area contributed by atoms with E-state index in [-0.39, 0.29) is 40.1 Å². The third kappa shape index (κ3) is 5.55. The van der Waals surface area contributed by atoms with Gasteiger partial charge in [0.05, 0.1) is 25.0 Å². The molecule has 0 saturated carbocycles. The molecule has 0 heterocycles. The molecule has 0 radical (unpaired) electrons.